The third-order valence-corrected chi connectivity index (χ3v) is 4.49. The van der Waals surface area contributed by atoms with Gasteiger partial charge in [0.15, 0.2) is 5.17 Å². The molecule has 1 aromatic rings. The van der Waals surface area contributed by atoms with E-state index in [1.165, 1.54) is 17.5 Å². The number of fused-ring (bicyclic) bond motifs is 3. The molecule has 104 valence electrons. The van der Waals surface area contributed by atoms with Gasteiger partial charge in [0.2, 0.25) is 0 Å². The van der Waals surface area contributed by atoms with Crippen molar-refractivity contribution < 1.29 is 0 Å². The van der Waals surface area contributed by atoms with E-state index in [9.17, 15) is 0 Å². The molecule has 2 aliphatic rings. The van der Waals surface area contributed by atoms with Crippen LogP contribution in [0.25, 0.3) is 6.08 Å². The number of unbranched alkanes of at least 4 members (excludes halogenated alkanes) is 1. The predicted octanol–water partition coefficient (Wildman–Crippen LogP) is 3.99. The summed E-state index contributed by atoms with van der Waals surface area (Å²) in [7, 11) is 0. The number of allylic oxidation sites excluding steroid dienone is 1. The van der Waals surface area contributed by atoms with Crippen molar-refractivity contribution in [3.8, 4) is 0 Å². The smallest absolute Gasteiger partial charge is 0.166 e. The highest BCUT2D eigenvalue weighted by Gasteiger charge is 2.28. The highest BCUT2D eigenvalue weighted by atomic mass is 32.2. The Morgan fingerprint density at radius 3 is 3.20 bits per heavy atom. The molecule has 0 saturated carbocycles. The molecule has 0 spiro atoms. The highest BCUT2D eigenvalue weighted by Crippen LogP contribution is 2.34. The van der Waals surface area contributed by atoms with Crippen LogP contribution < -0.4 is 0 Å². The fraction of sp³-hybridized carbons (Fsp3) is 0.375. The van der Waals surface area contributed by atoms with Gasteiger partial charge in [-0.1, -0.05) is 43.3 Å². The van der Waals surface area contributed by atoms with Crippen LogP contribution in [-0.4, -0.2) is 29.0 Å². The monoisotopic (exact) mass is 285 g/mol. The summed E-state index contributed by atoms with van der Waals surface area (Å²) in [6.07, 6.45) is 7.71. The largest absolute Gasteiger partial charge is 0.305 e. The van der Waals surface area contributed by atoms with Gasteiger partial charge in [-0.2, -0.15) is 0 Å². The van der Waals surface area contributed by atoms with Crippen LogP contribution >= 0.6 is 11.8 Å². The van der Waals surface area contributed by atoms with E-state index >= 15 is 0 Å². The second kappa shape index (κ2) is 5.83. The number of hydrogen-bond donors (Lipinski definition) is 1. The molecule has 20 heavy (non-hydrogen) atoms. The molecule has 0 aromatic heterocycles. The van der Waals surface area contributed by atoms with Gasteiger partial charge >= 0.3 is 0 Å². The van der Waals surface area contributed by atoms with Gasteiger partial charge in [0.05, 0.1) is 0 Å². The summed E-state index contributed by atoms with van der Waals surface area (Å²) in [4.78, 5) is 7.81. The standard InChI is InChI=1S/C16H19N3S/c1-2-3-4-6-12-7-8-13-14(11-12)20-16(17)19-10-5-9-18-15(13)19/h4,6-8,11,17H,2-3,5,9-10H2,1H3/b6-4+,17-16?. The maximum absolute atomic E-state index is 8.17. The molecule has 1 aromatic carbocycles. The maximum atomic E-state index is 8.17. The zero-order valence-electron chi connectivity index (χ0n) is 11.7. The lowest BCUT2D eigenvalue weighted by Crippen LogP contribution is -2.42. The van der Waals surface area contributed by atoms with Crippen molar-refractivity contribution in [3.63, 3.8) is 0 Å². The van der Waals surface area contributed by atoms with Crippen molar-refractivity contribution >= 4 is 28.8 Å². The lowest BCUT2D eigenvalue weighted by molar-refractivity contribution is 0.552. The number of amidine groups is 2. The molecule has 2 aliphatic heterocycles. The van der Waals surface area contributed by atoms with E-state index in [0.717, 1.165) is 36.7 Å². The summed E-state index contributed by atoms with van der Waals surface area (Å²) in [5.74, 6) is 0.985. The fourth-order valence-corrected chi connectivity index (χ4v) is 3.45. The van der Waals surface area contributed by atoms with Crippen LogP contribution in [0.2, 0.25) is 0 Å². The average Bonchev–Trinajstić information content (AvgIpc) is 2.48. The van der Waals surface area contributed by atoms with E-state index in [1.807, 2.05) is 4.90 Å². The molecule has 0 bridgehead atoms. The van der Waals surface area contributed by atoms with E-state index in [0.29, 0.717) is 5.17 Å². The van der Waals surface area contributed by atoms with Crippen LogP contribution in [-0.2, 0) is 0 Å². The van der Waals surface area contributed by atoms with Gasteiger partial charge in [0.1, 0.15) is 5.84 Å². The normalized spacial score (nSPS) is 17.9. The van der Waals surface area contributed by atoms with Gasteiger partial charge in [-0.05, 0) is 30.5 Å². The first-order valence-electron chi connectivity index (χ1n) is 7.19. The number of rotatable bonds is 3. The molecule has 0 radical (unpaired) electrons. The molecule has 0 fully saturated rings. The zero-order chi connectivity index (χ0) is 13.9. The van der Waals surface area contributed by atoms with Crippen molar-refractivity contribution in [1.82, 2.24) is 4.90 Å². The Kier molecular flexibility index (Phi) is 3.92. The summed E-state index contributed by atoms with van der Waals surface area (Å²) in [6, 6.07) is 6.47. The molecule has 0 aliphatic carbocycles. The number of nitrogens with one attached hydrogen (secondary N) is 1. The molecule has 4 heteroatoms. The molecule has 0 unspecified atom stereocenters. The first-order valence-corrected chi connectivity index (χ1v) is 8.00. The number of benzene rings is 1. The van der Waals surface area contributed by atoms with Crippen LogP contribution in [0.1, 0.15) is 37.3 Å². The van der Waals surface area contributed by atoms with Crippen molar-refractivity contribution in [2.24, 2.45) is 4.99 Å². The fourth-order valence-electron chi connectivity index (χ4n) is 2.49. The quantitative estimate of drug-likeness (QED) is 0.912. The Labute approximate surface area is 124 Å². The minimum absolute atomic E-state index is 0.602. The summed E-state index contributed by atoms with van der Waals surface area (Å²) < 4.78 is 0. The van der Waals surface area contributed by atoms with E-state index < -0.39 is 0 Å². The Bertz CT molecular complexity index is 589. The lowest BCUT2D eigenvalue weighted by Gasteiger charge is -2.34. The highest BCUT2D eigenvalue weighted by molar-refractivity contribution is 8.14. The van der Waals surface area contributed by atoms with Gasteiger partial charge in [-0.15, -0.1) is 0 Å². The summed E-state index contributed by atoms with van der Waals surface area (Å²) >= 11 is 1.55. The Hall–Kier alpha value is -1.55. The van der Waals surface area contributed by atoms with Crippen molar-refractivity contribution in [2.75, 3.05) is 13.1 Å². The number of hydrogen-bond acceptors (Lipinski definition) is 3. The molecule has 3 nitrogen and oxygen atoms in total. The summed E-state index contributed by atoms with van der Waals surface area (Å²) in [6.45, 7) is 3.98. The maximum Gasteiger partial charge on any atom is 0.166 e. The van der Waals surface area contributed by atoms with Gasteiger partial charge < -0.3 is 4.90 Å². The topological polar surface area (TPSA) is 39.5 Å². The van der Waals surface area contributed by atoms with Crippen molar-refractivity contribution in [3.05, 3.63) is 35.4 Å². The predicted molar refractivity (Wildman–Crippen MR) is 86.7 cm³/mol. The van der Waals surface area contributed by atoms with Crippen LogP contribution in [0, 0.1) is 5.41 Å². The molecule has 1 N–H and O–H groups in total. The van der Waals surface area contributed by atoms with Crippen LogP contribution in [0.5, 0.6) is 0 Å². The molecular weight excluding hydrogens is 266 g/mol. The summed E-state index contributed by atoms with van der Waals surface area (Å²) in [5.41, 5.74) is 2.39. The molecule has 2 heterocycles. The SMILES string of the molecule is CCC/C=C/c1ccc2c(c1)SC(=N)N1CCCN=C21. The third kappa shape index (κ3) is 2.52. The van der Waals surface area contributed by atoms with Crippen LogP contribution in [0.3, 0.4) is 0 Å². The van der Waals surface area contributed by atoms with Crippen molar-refractivity contribution in [1.29, 1.82) is 5.41 Å². The number of nitrogens with zero attached hydrogens (tertiary/aromatic N) is 2. The third-order valence-electron chi connectivity index (χ3n) is 3.52. The first kappa shape index (κ1) is 13.4. The second-order valence-corrected chi connectivity index (χ2v) is 6.10. The molecule has 3 rings (SSSR count). The summed E-state index contributed by atoms with van der Waals surface area (Å²) in [5, 5.41) is 8.78. The van der Waals surface area contributed by atoms with Crippen molar-refractivity contribution in [2.45, 2.75) is 31.1 Å². The van der Waals surface area contributed by atoms with Gasteiger partial charge in [0, 0.05) is 23.5 Å². The van der Waals surface area contributed by atoms with Crippen LogP contribution in [0.4, 0.5) is 0 Å². The van der Waals surface area contributed by atoms with E-state index in [2.05, 4.69) is 42.3 Å². The Morgan fingerprint density at radius 2 is 2.35 bits per heavy atom. The Morgan fingerprint density at radius 1 is 1.45 bits per heavy atom. The molecule has 0 atom stereocenters. The zero-order valence-corrected chi connectivity index (χ0v) is 12.5. The van der Waals surface area contributed by atoms with Crippen LogP contribution in [0.15, 0.2) is 34.2 Å². The molecular formula is C16H19N3S. The molecule has 0 amide bonds. The lowest BCUT2D eigenvalue weighted by atomic mass is 10.1. The van der Waals surface area contributed by atoms with E-state index in [1.54, 1.807) is 11.8 Å². The average molecular weight is 285 g/mol. The molecule has 0 saturated heterocycles. The minimum Gasteiger partial charge on any atom is -0.305 e. The Balaban J connectivity index is 1.94. The van der Waals surface area contributed by atoms with E-state index in [4.69, 9.17) is 5.41 Å². The van der Waals surface area contributed by atoms with E-state index in [-0.39, 0.29) is 0 Å². The van der Waals surface area contributed by atoms with Gasteiger partial charge in [-0.25, -0.2) is 0 Å². The first-order chi connectivity index (χ1) is 9.79. The second-order valence-electron chi connectivity index (χ2n) is 5.06. The number of thioether (sulfide) groups is 1. The van der Waals surface area contributed by atoms with Gasteiger partial charge in [-0.3, -0.25) is 10.4 Å². The van der Waals surface area contributed by atoms with Gasteiger partial charge in [0.25, 0.3) is 0 Å². The minimum atomic E-state index is 0.602. The number of aliphatic imine (C=N–C) groups is 1.